The van der Waals surface area contributed by atoms with E-state index in [0.717, 1.165) is 15.3 Å². The van der Waals surface area contributed by atoms with E-state index < -0.39 is 17.8 Å². The van der Waals surface area contributed by atoms with E-state index in [-0.39, 0.29) is 12.6 Å². The number of rotatable bonds is 3. The normalized spacial score (nSPS) is 15.6. The van der Waals surface area contributed by atoms with Crippen LogP contribution in [0.25, 0.3) is 11.0 Å². The second kappa shape index (κ2) is 5.34. The van der Waals surface area contributed by atoms with E-state index in [0.29, 0.717) is 16.4 Å². The number of aromatic nitrogens is 2. The van der Waals surface area contributed by atoms with Crippen LogP contribution in [0.4, 0.5) is 4.79 Å². The Morgan fingerprint density at radius 3 is 2.48 bits per heavy atom. The number of carbonyl (C=O) groups is 3. The first-order valence-corrected chi connectivity index (χ1v) is 7.49. The number of imide groups is 2. The van der Waals surface area contributed by atoms with Crippen molar-refractivity contribution in [3.8, 4) is 0 Å². The van der Waals surface area contributed by atoms with Gasteiger partial charge in [-0.15, -0.1) is 0 Å². The number of nitrogens with zero attached hydrogens (tertiary/aromatic N) is 4. The Hall–Kier alpha value is -2.41. The van der Waals surface area contributed by atoms with Crippen LogP contribution in [0.5, 0.6) is 0 Å². The molecular formula is C15H15ClN4O3. The largest absolute Gasteiger partial charge is 0.334 e. The van der Waals surface area contributed by atoms with Crippen LogP contribution >= 0.6 is 11.6 Å². The molecule has 2 aromatic rings. The molecule has 1 aromatic carbocycles. The topological polar surface area (TPSA) is 75.5 Å². The third-order valence-electron chi connectivity index (χ3n) is 3.84. The molecule has 2 heterocycles. The van der Waals surface area contributed by atoms with Gasteiger partial charge in [0.15, 0.2) is 0 Å². The van der Waals surface area contributed by atoms with Crippen LogP contribution in [-0.4, -0.2) is 43.2 Å². The fourth-order valence-corrected chi connectivity index (χ4v) is 2.79. The predicted octanol–water partition coefficient (Wildman–Crippen LogP) is 1.93. The number of hydrogen-bond donors (Lipinski definition) is 0. The summed E-state index contributed by atoms with van der Waals surface area (Å²) in [5, 5.41) is 0.552. The SMILES string of the molecule is CC(C)N1C(=O)C(=O)N(Cc2nc3cc(Cl)ccc3n2C)C1=O. The number of fused-ring (bicyclic) bond motifs is 1. The van der Waals surface area contributed by atoms with Gasteiger partial charge in [-0.3, -0.25) is 14.5 Å². The molecule has 0 unspecified atom stereocenters. The van der Waals surface area contributed by atoms with Gasteiger partial charge < -0.3 is 4.57 Å². The molecule has 120 valence electrons. The highest BCUT2D eigenvalue weighted by Gasteiger charge is 2.46. The average molecular weight is 335 g/mol. The van der Waals surface area contributed by atoms with Gasteiger partial charge in [-0.2, -0.15) is 0 Å². The molecule has 0 saturated carbocycles. The van der Waals surface area contributed by atoms with Crippen molar-refractivity contribution < 1.29 is 14.4 Å². The fraction of sp³-hybridized carbons (Fsp3) is 0.333. The molecule has 1 aliphatic rings. The zero-order valence-electron chi connectivity index (χ0n) is 12.9. The summed E-state index contributed by atoms with van der Waals surface area (Å²) in [7, 11) is 1.78. The van der Waals surface area contributed by atoms with Crippen molar-refractivity contribution in [1.82, 2.24) is 19.4 Å². The van der Waals surface area contributed by atoms with Gasteiger partial charge in [-0.25, -0.2) is 14.7 Å². The van der Waals surface area contributed by atoms with E-state index >= 15 is 0 Å². The lowest BCUT2D eigenvalue weighted by atomic mass is 10.3. The first-order valence-electron chi connectivity index (χ1n) is 7.11. The van der Waals surface area contributed by atoms with Crippen LogP contribution < -0.4 is 0 Å². The fourth-order valence-electron chi connectivity index (χ4n) is 2.62. The smallest absolute Gasteiger partial charge is 0.330 e. The number of carbonyl (C=O) groups excluding carboxylic acids is 3. The molecule has 1 saturated heterocycles. The number of halogens is 1. The van der Waals surface area contributed by atoms with Gasteiger partial charge in [0.05, 0.1) is 17.6 Å². The number of hydrogen-bond acceptors (Lipinski definition) is 4. The molecule has 7 nitrogen and oxygen atoms in total. The Labute approximate surface area is 137 Å². The lowest BCUT2D eigenvalue weighted by molar-refractivity contribution is -0.144. The summed E-state index contributed by atoms with van der Waals surface area (Å²) in [5.74, 6) is -1.12. The third kappa shape index (κ3) is 2.37. The molecule has 8 heteroatoms. The second-order valence-electron chi connectivity index (χ2n) is 5.66. The maximum Gasteiger partial charge on any atom is 0.334 e. The van der Waals surface area contributed by atoms with E-state index in [1.54, 1.807) is 37.6 Å². The Kier molecular flexibility index (Phi) is 3.60. The van der Waals surface area contributed by atoms with Crippen molar-refractivity contribution in [2.75, 3.05) is 0 Å². The van der Waals surface area contributed by atoms with E-state index in [1.165, 1.54) is 0 Å². The zero-order valence-corrected chi connectivity index (χ0v) is 13.7. The van der Waals surface area contributed by atoms with Crippen molar-refractivity contribution in [2.45, 2.75) is 26.4 Å². The number of benzene rings is 1. The molecule has 0 radical (unpaired) electrons. The molecule has 4 amide bonds. The van der Waals surface area contributed by atoms with Gasteiger partial charge in [0.25, 0.3) is 0 Å². The zero-order chi connectivity index (χ0) is 16.9. The highest BCUT2D eigenvalue weighted by atomic mass is 35.5. The van der Waals surface area contributed by atoms with Crippen molar-refractivity contribution in [3.63, 3.8) is 0 Å². The minimum Gasteiger partial charge on any atom is -0.330 e. The van der Waals surface area contributed by atoms with Crippen LogP contribution in [0.2, 0.25) is 5.02 Å². The van der Waals surface area contributed by atoms with Gasteiger partial charge in [0, 0.05) is 18.1 Å². The van der Waals surface area contributed by atoms with Crippen LogP contribution in [-0.2, 0) is 23.2 Å². The Balaban J connectivity index is 1.96. The Bertz CT molecular complexity index is 843. The minimum atomic E-state index is -0.825. The van der Waals surface area contributed by atoms with Gasteiger partial charge >= 0.3 is 17.8 Å². The first-order chi connectivity index (χ1) is 10.8. The minimum absolute atomic E-state index is 0.0601. The van der Waals surface area contributed by atoms with Crippen molar-refractivity contribution in [2.24, 2.45) is 7.05 Å². The number of urea groups is 1. The van der Waals surface area contributed by atoms with Gasteiger partial charge in [0.2, 0.25) is 0 Å². The summed E-state index contributed by atoms with van der Waals surface area (Å²) in [5.41, 5.74) is 1.50. The van der Waals surface area contributed by atoms with Crippen LogP contribution in [0.3, 0.4) is 0 Å². The first kappa shape index (κ1) is 15.5. The second-order valence-corrected chi connectivity index (χ2v) is 6.10. The summed E-state index contributed by atoms with van der Waals surface area (Å²) < 4.78 is 1.77. The molecule has 1 fully saturated rings. The number of amides is 4. The summed E-state index contributed by atoms with van der Waals surface area (Å²) in [6.07, 6.45) is 0. The summed E-state index contributed by atoms with van der Waals surface area (Å²) in [6.45, 7) is 3.31. The molecule has 1 aliphatic heterocycles. The van der Waals surface area contributed by atoms with Crippen LogP contribution in [0.15, 0.2) is 18.2 Å². The maximum atomic E-state index is 12.3. The monoisotopic (exact) mass is 334 g/mol. The molecule has 0 spiro atoms. The summed E-state index contributed by atoms with van der Waals surface area (Å²) in [4.78, 5) is 42.6. The van der Waals surface area contributed by atoms with E-state index in [1.807, 2.05) is 6.07 Å². The summed E-state index contributed by atoms with van der Waals surface area (Å²) in [6, 6.07) is 4.28. The molecule has 3 rings (SSSR count). The number of aryl methyl sites for hydroxylation is 1. The molecule has 1 aromatic heterocycles. The van der Waals surface area contributed by atoms with Gasteiger partial charge in [-0.1, -0.05) is 11.6 Å². The highest BCUT2D eigenvalue weighted by Crippen LogP contribution is 2.22. The number of imidazole rings is 1. The van der Waals surface area contributed by atoms with Crippen LogP contribution in [0.1, 0.15) is 19.7 Å². The molecule has 0 bridgehead atoms. The Morgan fingerprint density at radius 1 is 1.17 bits per heavy atom. The van der Waals surface area contributed by atoms with Crippen molar-refractivity contribution >= 4 is 40.5 Å². The van der Waals surface area contributed by atoms with Crippen molar-refractivity contribution in [1.29, 1.82) is 0 Å². The lowest BCUT2D eigenvalue weighted by Gasteiger charge is -2.18. The molecule has 0 aliphatic carbocycles. The van der Waals surface area contributed by atoms with E-state index in [2.05, 4.69) is 4.98 Å². The maximum absolute atomic E-state index is 12.3. The van der Waals surface area contributed by atoms with Gasteiger partial charge in [-0.05, 0) is 32.0 Å². The van der Waals surface area contributed by atoms with Crippen molar-refractivity contribution in [3.05, 3.63) is 29.0 Å². The molecule has 0 atom stereocenters. The Morgan fingerprint density at radius 2 is 1.87 bits per heavy atom. The molecule has 23 heavy (non-hydrogen) atoms. The average Bonchev–Trinajstić information content (AvgIpc) is 2.89. The van der Waals surface area contributed by atoms with E-state index in [9.17, 15) is 14.4 Å². The lowest BCUT2D eigenvalue weighted by Crippen LogP contribution is -2.38. The summed E-state index contributed by atoms with van der Waals surface area (Å²) >= 11 is 5.95. The standard InChI is InChI=1S/C15H15ClN4O3/c1-8(2)20-14(22)13(21)19(15(20)23)7-12-17-10-6-9(16)4-5-11(10)18(12)3/h4-6,8H,7H2,1-3H3. The highest BCUT2D eigenvalue weighted by molar-refractivity contribution is 6.44. The van der Waals surface area contributed by atoms with E-state index in [4.69, 9.17) is 11.6 Å². The molecule has 0 N–H and O–H groups in total. The van der Waals surface area contributed by atoms with Gasteiger partial charge in [0.1, 0.15) is 5.82 Å². The quantitative estimate of drug-likeness (QED) is 0.635. The molecular weight excluding hydrogens is 320 g/mol. The predicted molar refractivity (Wildman–Crippen MR) is 83.7 cm³/mol. The third-order valence-corrected chi connectivity index (χ3v) is 4.07. The van der Waals surface area contributed by atoms with Crippen LogP contribution in [0, 0.1) is 0 Å².